The van der Waals surface area contributed by atoms with Crippen LogP contribution in [-0.2, 0) is 13.0 Å². The molecule has 0 aliphatic rings. The van der Waals surface area contributed by atoms with Gasteiger partial charge < -0.3 is 4.57 Å². The molecular formula is C26H23N5. The second kappa shape index (κ2) is 8.11. The molecular weight excluding hydrogens is 382 g/mol. The molecule has 0 N–H and O–H groups in total. The molecule has 0 spiro atoms. The Labute approximate surface area is 181 Å². The molecule has 0 atom stereocenters. The van der Waals surface area contributed by atoms with Gasteiger partial charge in [0.15, 0.2) is 0 Å². The molecule has 3 aromatic heterocycles. The summed E-state index contributed by atoms with van der Waals surface area (Å²) in [4.78, 5) is 17.5. The molecule has 5 rings (SSSR count). The Bertz CT molecular complexity index is 1340. The lowest BCUT2D eigenvalue weighted by atomic mass is 10.0. The molecule has 0 amide bonds. The highest BCUT2D eigenvalue weighted by atomic mass is 15.1. The van der Waals surface area contributed by atoms with Crippen LogP contribution in [0.5, 0.6) is 0 Å². The summed E-state index contributed by atoms with van der Waals surface area (Å²) in [5.74, 6) is 1.04. The average molecular weight is 406 g/mol. The van der Waals surface area contributed by atoms with E-state index in [-0.39, 0.29) is 0 Å². The van der Waals surface area contributed by atoms with Gasteiger partial charge in [-0.15, -0.1) is 0 Å². The molecule has 5 nitrogen and oxygen atoms in total. The highest BCUT2D eigenvalue weighted by molar-refractivity contribution is 5.82. The van der Waals surface area contributed by atoms with Gasteiger partial charge in [-0.3, -0.25) is 4.98 Å². The van der Waals surface area contributed by atoms with Gasteiger partial charge in [0.25, 0.3) is 0 Å². The Morgan fingerprint density at radius 3 is 2.42 bits per heavy atom. The summed E-state index contributed by atoms with van der Waals surface area (Å²) in [6.07, 6.45) is 9.67. The van der Waals surface area contributed by atoms with Crippen molar-refractivity contribution in [3.63, 3.8) is 0 Å². The van der Waals surface area contributed by atoms with Crippen LogP contribution >= 0.6 is 0 Å². The van der Waals surface area contributed by atoms with E-state index in [2.05, 4.69) is 69.8 Å². The van der Waals surface area contributed by atoms with E-state index >= 15 is 0 Å². The van der Waals surface area contributed by atoms with Crippen LogP contribution in [0.1, 0.15) is 28.1 Å². The molecule has 0 aliphatic carbocycles. The maximum atomic E-state index is 5.00. The lowest BCUT2D eigenvalue weighted by Gasteiger charge is -2.13. The number of fused-ring (bicyclic) bond motifs is 1. The number of imidazole rings is 1. The van der Waals surface area contributed by atoms with Crippen molar-refractivity contribution in [1.29, 1.82) is 0 Å². The summed E-state index contributed by atoms with van der Waals surface area (Å²) in [6, 6.07) is 17.1. The number of pyridine rings is 1. The standard InChI is InChI=1S/C26H23N5/c1-18-3-4-19(2)22(11-18)16-31-25-13-21(23-14-28-17-29-15-23)5-6-24(25)30-26(31)12-20-7-9-27-10-8-20/h3-11,13-15,17H,12,16H2,1-2H3. The van der Waals surface area contributed by atoms with Crippen LogP contribution in [0.4, 0.5) is 0 Å². The van der Waals surface area contributed by atoms with Crippen molar-refractivity contribution in [2.75, 3.05) is 0 Å². The summed E-state index contributed by atoms with van der Waals surface area (Å²) in [7, 11) is 0. The largest absolute Gasteiger partial charge is 0.323 e. The molecule has 0 bridgehead atoms. The molecule has 5 aromatic rings. The smallest absolute Gasteiger partial charge is 0.115 e. The molecule has 0 saturated carbocycles. The van der Waals surface area contributed by atoms with Crippen LogP contribution < -0.4 is 0 Å². The van der Waals surface area contributed by atoms with Crippen LogP contribution in [0.25, 0.3) is 22.2 Å². The maximum Gasteiger partial charge on any atom is 0.115 e. The third-order valence-electron chi connectivity index (χ3n) is 5.67. The fourth-order valence-electron chi connectivity index (χ4n) is 3.94. The Morgan fingerprint density at radius 2 is 1.61 bits per heavy atom. The summed E-state index contributed by atoms with van der Waals surface area (Å²) < 4.78 is 2.34. The summed E-state index contributed by atoms with van der Waals surface area (Å²) in [6.45, 7) is 5.09. The molecule has 3 heterocycles. The zero-order valence-corrected chi connectivity index (χ0v) is 17.7. The number of hydrogen-bond donors (Lipinski definition) is 0. The molecule has 5 heteroatoms. The predicted molar refractivity (Wildman–Crippen MR) is 123 cm³/mol. The second-order valence-electron chi connectivity index (χ2n) is 7.91. The number of hydrogen-bond acceptors (Lipinski definition) is 4. The van der Waals surface area contributed by atoms with Crippen molar-refractivity contribution < 1.29 is 0 Å². The summed E-state index contributed by atoms with van der Waals surface area (Å²) >= 11 is 0. The van der Waals surface area contributed by atoms with Crippen molar-refractivity contribution >= 4 is 11.0 Å². The summed E-state index contributed by atoms with van der Waals surface area (Å²) in [5, 5.41) is 0. The van der Waals surface area contributed by atoms with Crippen molar-refractivity contribution in [1.82, 2.24) is 24.5 Å². The molecule has 31 heavy (non-hydrogen) atoms. The topological polar surface area (TPSA) is 56.5 Å². The van der Waals surface area contributed by atoms with Gasteiger partial charge in [-0.1, -0.05) is 29.8 Å². The minimum Gasteiger partial charge on any atom is -0.323 e. The van der Waals surface area contributed by atoms with Gasteiger partial charge in [-0.05, 0) is 60.4 Å². The van der Waals surface area contributed by atoms with Gasteiger partial charge in [0.05, 0.1) is 11.0 Å². The number of rotatable bonds is 5. The average Bonchev–Trinajstić information content (AvgIpc) is 3.13. The van der Waals surface area contributed by atoms with Gasteiger partial charge >= 0.3 is 0 Å². The van der Waals surface area contributed by atoms with Gasteiger partial charge in [-0.2, -0.15) is 0 Å². The SMILES string of the molecule is Cc1ccc(C)c(Cn2c(Cc3ccncc3)nc3ccc(-c4cncnc4)cc32)c1. The van der Waals surface area contributed by atoms with E-state index in [0.29, 0.717) is 0 Å². The van der Waals surface area contributed by atoms with Crippen LogP contribution in [0.3, 0.4) is 0 Å². The molecule has 0 unspecified atom stereocenters. The van der Waals surface area contributed by atoms with Crippen LogP contribution in [0.15, 0.2) is 79.6 Å². The fraction of sp³-hybridized carbons (Fsp3) is 0.154. The number of nitrogens with zero attached hydrogens (tertiary/aromatic N) is 5. The van der Waals surface area contributed by atoms with Gasteiger partial charge in [0.1, 0.15) is 12.2 Å². The van der Waals surface area contributed by atoms with E-state index in [1.54, 1.807) is 6.33 Å². The molecule has 0 saturated heterocycles. The van der Waals surface area contributed by atoms with Gasteiger partial charge in [0.2, 0.25) is 0 Å². The molecule has 0 aliphatic heterocycles. The molecule has 152 valence electrons. The minimum absolute atomic E-state index is 0.756. The lowest BCUT2D eigenvalue weighted by Crippen LogP contribution is -2.07. The first-order chi connectivity index (χ1) is 15.2. The first-order valence-corrected chi connectivity index (χ1v) is 10.4. The highest BCUT2D eigenvalue weighted by Gasteiger charge is 2.14. The summed E-state index contributed by atoms with van der Waals surface area (Å²) in [5.41, 5.74) is 9.26. The van der Waals surface area contributed by atoms with E-state index in [9.17, 15) is 0 Å². The second-order valence-corrected chi connectivity index (χ2v) is 7.91. The van der Waals surface area contributed by atoms with Crippen LogP contribution in [-0.4, -0.2) is 24.5 Å². The Hall–Kier alpha value is -3.86. The number of aromatic nitrogens is 5. The first kappa shape index (κ1) is 19.1. The monoisotopic (exact) mass is 405 g/mol. The zero-order valence-electron chi connectivity index (χ0n) is 17.7. The first-order valence-electron chi connectivity index (χ1n) is 10.4. The van der Waals surface area contributed by atoms with Crippen molar-refractivity contribution in [3.8, 4) is 11.1 Å². The van der Waals surface area contributed by atoms with Crippen molar-refractivity contribution in [3.05, 3.63) is 108 Å². The van der Waals surface area contributed by atoms with E-state index in [0.717, 1.165) is 41.0 Å². The highest BCUT2D eigenvalue weighted by Crippen LogP contribution is 2.27. The fourth-order valence-corrected chi connectivity index (χ4v) is 3.94. The van der Waals surface area contributed by atoms with E-state index in [1.807, 2.05) is 36.9 Å². The Kier molecular flexibility index (Phi) is 5.00. The Morgan fingerprint density at radius 1 is 0.806 bits per heavy atom. The van der Waals surface area contributed by atoms with E-state index < -0.39 is 0 Å². The van der Waals surface area contributed by atoms with Crippen LogP contribution in [0, 0.1) is 13.8 Å². The number of aryl methyl sites for hydroxylation is 2. The van der Waals surface area contributed by atoms with Crippen LogP contribution in [0.2, 0.25) is 0 Å². The number of benzene rings is 2. The van der Waals surface area contributed by atoms with Crippen molar-refractivity contribution in [2.45, 2.75) is 26.8 Å². The minimum atomic E-state index is 0.756. The maximum absolute atomic E-state index is 5.00. The Balaban J connectivity index is 1.65. The third-order valence-corrected chi connectivity index (χ3v) is 5.67. The quantitative estimate of drug-likeness (QED) is 0.406. The lowest BCUT2D eigenvalue weighted by molar-refractivity contribution is 0.758. The molecule has 0 fully saturated rings. The normalized spacial score (nSPS) is 11.2. The third kappa shape index (κ3) is 3.94. The van der Waals surface area contributed by atoms with E-state index in [1.165, 1.54) is 22.3 Å². The molecule has 0 radical (unpaired) electrons. The molecule has 2 aromatic carbocycles. The van der Waals surface area contributed by atoms with Gasteiger partial charge in [0, 0.05) is 43.3 Å². The van der Waals surface area contributed by atoms with Gasteiger partial charge in [-0.25, -0.2) is 15.0 Å². The predicted octanol–water partition coefficient (Wildman–Crippen LogP) is 5.14. The van der Waals surface area contributed by atoms with Crippen molar-refractivity contribution in [2.24, 2.45) is 0 Å². The zero-order chi connectivity index (χ0) is 21.2. The van der Waals surface area contributed by atoms with E-state index in [4.69, 9.17) is 4.98 Å².